The van der Waals surface area contributed by atoms with Gasteiger partial charge in [0.25, 0.3) is 5.91 Å². The second kappa shape index (κ2) is 10.6. The van der Waals surface area contributed by atoms with Crippen LogP contribution in [0, 0.1) is 5.92 Å². The van der Waals surface area contributed by atoms with Gasteiger partial charge >= 0.3 is 0 Å². The Morgan fingerprint density at radius 3 is 2.89 bits per heavy atom. The molecule has 3 heterocycles. The van der Waals surface area contributed by atoms with E-state index in [9.17, 15) is 4.79 Å². The molecule has 0 spiro atoms. The number of pyridine rings is 1. The molecule has 1 amide bonds. The standard InChI is InChI=1S/C28H30N4O3/c1-34-26-11-10-22(17-27(26)35-19-23-8-2-3-13-29-23)28(33)32-14-5-6-20(12-15-32)16-21-7-4-9-25-24(21)18-30-31-25/h2-4,7-11,13,17-18,20H,5-6,12,14-16,19H2,1H3,(H,30,31). The van der Waals surface area contributed by atoms with E-state index < -0.39 is 0 Å². The molecular formula is C28H30N4O3. The van der Waals surface area contributed by atoms with Crippen molar-refractivity contribution in [1.82, 2.24) is 20.1 Å². The van der Waals surface area contributed by atoms with Gasteiger partial charge in [0.1, 0.15) is 6.61 Å². The zero-order chi connectivity index (χ0) is 24.0. The predicted molar refractivity (Wildman–Crippen MR) is 135 cm³/mol. The average molecular weight is 471 g/mol. The Bertz CT molecular complexity index is 1290. The van der Waals surface area contributed by atoms with Crippen LogP contribution in [-0.4, -0.2) is 46.2 Å². The summed E-state index contributed by atoms with van der Waals surface area (Å²) in [5, 5.41) is 8.44. The Balaban J connectivity index is 1.24. The number of carbonyl (C=O) groups excluding carboxylic acids is 1. The minimum atomic E-state index is 0.0351. The molecule has 4 aromatic rings. The van der Waals surface area contributed by atoms with E-state index in [1.807, 2.05) is 35.4 Å². The van der Waals surface area contributed by atoms with Crippen LogP contribution in [0.3, 0.4) is 0 Å². The maximum Gasteiger partial charge on any atom is 0.253 e. The number of likely N-dealkylation sites (tertiary alicyclic amines) is 1. The highest BCUT2D eigenvalue weighted by molar-refractivity contribution is 5.95. The van der Waals surface area contributed by atoms with Crippen molar-refractivity contribution in [3.63, 3.8) is 0 Å². The summed E-state index contributed by atoms with van der Waals surface area (Å²) in [6.07, 6.45) is 7.74. The van der Waals surface area contributed by atoms with Crippen LogP contribution in [0.15, 0.2) is 67.0 Å². The molecule has 1 saturated heterocycles. The van der Waals surface area contributed by atoms with Crippen molar-refractivity contribution in [3.05, 3.63) is 83.8 Å². The van der Waals surface area contributed by atoms with E-state index in [1.165, 1.54) is 10.9 Å². The normalized spacial score (nSPS) is 16.1. The lowest BCUT2D eigenvalue weighted by molar-refractivity contribution is 0.0759. The van der Waals surface area contributed by atoms with Crippen molar-refractivity contribution < 1.29 is 14.3 Å². The van der Waals surface area contributed by atoms with Gasteiger partial charge in [0.15, 0.2) is 11.5 Å². The molecule has 1 fully saturated rings. The number of aromatic amines is 1. The highest BCUT2D eigenvalue weighted by Gasteiger charge is 2.23. The van der Waals surface area contributed by atoms with Crippen LogP contribution >= 0.6 is 0 Å². The van der Waals surface area contributed by atoms with Crippen molar-refractivity contribution in [2.45, 2.75) is 32.3 Å². The summed E-state index contributed by atoms with van der Waals surface area (Å²) in [4.78, 5) is 19.7. The number of benzene rings is 2. The number of aromatic nitrogens is 3. The first-order chi connectivity index (χ1) is 17.2. The van der Waals surface area contributed by atoms with Crippen molar-refractivity contribution in [3.8, 4) is 11.5 Å². The van der Waals surface area contributed by atoms with Gasteiger partial charge in [0, 0.05) is 30.2 Å². The number of amides is 1. The van der Waals surface area contributed by atoms with Gasteiger partial charge in [-0.1, -0.05) is 18.2 Å². The van der Waals surface area contributed by atoms with Crippen molar-refractivity contribution >= 4 is 16.8 Å². The molecule has 2 aromatic heterocycles. The maximum atomic E-state index is 13.4. The molecule has 0 saturated carbocycles. The van der Waals surface area contributed by atoms with E-state index >= 15 is 0 Å². The molecular weight excluding hydrogens is 440 g/mol. The Hall–Kier alpha value is -3.87. The largest absolute Gasteiger partial charge is 0.493 e. The van der Waals surface area contributed by atoms with Crippen LogP contribution in [0.5, 0.6) is 11.5 Å². The van der Waals surface area contributed by atoms with Gasteiger partial charge in [-0.25, -0.2) is 0 Å². The van der Waals surface area contributed by atoms with Crippen molar-refractivity contribution in [2.24, 2.45) is 5.92 Å². The number of hydrogen-bond acceptors (Lipinski definition) is 5. The smallest absolute Gasteiger partial charge is 0.253 e. The molecule has 0 radical (unpaired) electrons. The number of nitrogens with one attached hydrogen (secondary N) is 1. The summed E-state index contributed by atoms with van der Waals surface area (Å²) >= 11 is 0. The third-order valence-corrected chi connectivity index (χ3v) is 6.73. The predicted octanol–water partition coefficient (Wildman–Crippen LogP) is 5.03. The first kappa shape index (κ1) is 22.9. The Labute approximate surface area is 205 Å². The number of fused-ring (bicyclic) bond motifs is 1. The van der Waals surface area contributed by atoms with Crippen LogP contribution in [0.4, 0.5) is 0 Å². The van der Waals surface area contributed by atoms with Gasteiger partial charge in [-0.2, -0.15) is 5.10 Å². The van der Waals surface area contributed by atoms with Crippen LogP contribution in [0.25, 0.3) is 10.9 Å². The molecule has 180 valence electrons. The fraction of sp³-hybridized carbons (Fsp3) is 0.321. The number of nitrogens with zero attached hydrogens (tertiary/aromatic N) is 3. The molecule has 2 aromatic carbocycles. The molecule has 1 aliphatic rings. The molecule has 7 heteroatoms. The highest BCUT2D eigenvalue weighted by atomic mass is 16.5. The Morgan fingerprint density at radius 1 is 1.09 bits per heavy atom. The molecule has 1 aliphatic heterocycles. The topological polar surface area (TPSA) is 80.3 Å². The Kier molecular flexibility index (Phi) is 6.93. The molecule has 35 heavy (non-hydrogen) atoms. The van der Waals surface area contributed by atoms with E-state index in [4.69, 9.17) is 9.47 Å². The summed E-state index contributed by atoms with van der Waals surface area (Å²) < 4.78 is 11.4. The minimum absolute atomic E-state index is 0.0351. The quantitative estimate of drug-likeness (QED) is 0.410. The third kappa shape index (κ3) is 5.29. The number of rotatable bonds is 7. The SMILES string of the molecule is COc1ccc(C(=O)N2CCCC(Cc3cccc4[nH]ncc34)CC2)cc1OCc1ccccn1. The van der Waals surface area contributed by atoms with Crippen molar-refractivity contribution in [1.29, 1.82) is 0 Å². The highest BCUT2D eigenvalue weighted by Crippen LogP contribution is 2.30. The van der Waals surface area contributed by atoms with Gasteiger partial charge < -0.3 is 14.4 Å². The first-order valence-corrected chi connectivity index (χ1v) is 12.1. The fourth-order valence-electron chi connectivity index (χ4n) is 4.83. The second-order valence-corrected chi connectivity index (χ2v) is 9.02. The van der Waals surface area contributed by atoms with Crippen molar-refractivity contribution in [2.75, 3.05) is 20.2 Å². The number of methoxy groups -OCH3 is 1. The minimum Gasteiger partial charge on any atom is -0.493 e. The van der Waals surface area contributed by atoms with Crippen LogP contribution < -0.4 is 9.47 Å². The van der Waals surface area contributed by atoms with Gasteiger partial charge in [-0.05, 0) is 73.6 Å². The van der Waals surface area contributed by atoms with Gasteiger partial charge in [0.2, 0.25) is 0 Å². The molecule has 0 bridgehead atoms. The number of hydrogen-bond donors (Lipinski definition) is 1. The zero-order valence-electron chi connectivity index (χ0n) is 19.9. The summed E-state index contributed by atoms with van der Waals surface area (Å²) in [6.45, 7) is 1.83. The molecule has 1 unspecified atom stereocenters. The second-order valence-electron chi connectivity index (χ2n) is 9.02. The number of ether oxygens (including phenoxy) is 2. The van der Waals surface area contributed by atoms with Gasteiger partial charge in [0.05, 0.1) is 24.5 Å². The lowest BCUT2D eigenvalue weighted by Crippen LogP contribution is -2.32. The maximum absolute atomic E-state index is 13.4. The monoisotopic (exact) mass is 470 g/mol. The summed E-state index contributed by atoms with van der Waals surface area (Å²) in [6, 6.07) is 17.4. The van der Waals surface area contributed by atoms with Crippen LogP contribution in [-0.2, 0) is 13.0 Å². The lowest BCUT2D eigenvalue weighted by Gasteiger charge is -2.21. The van der Waals surface area contributed by atoms with E-state index in [2.05, 4.69) is 33.4 Å². The molecule has 7 nitrogen and oxygen atoms in total. The van der Waals surface area contributed by atoms with Gasteiger partial charge in [-0.15, -0.1) is 0 Å². The third-order valence-electron chi connectivity index (χ3n) is 6.73. The summed E-state index contributed by atoms with van der Waals surface area (Å²) in [7, 11) is 1.60. The van der Waals surface area contributed by atoms with Crippen LogP contribution in [0.2, 0.25) is 0 Å². The summed E-state index contributed by atoms with van der Waals surface area (Å²) in [5.74, 6) is 1.72. The fourth-order valence-corrected chi connectivity index (χ4v) is 4.83. The first-order valence-electron chi connectivity index (χ1n) is 12.1. The molecule has 5 rings (SSSR count). The molecule has 0 aliphatic carbocycles. The van der Waals surface area contributed by atoms with Gasteiger partial charge in [-0.3, -0.25) is 14.9 Å². The Morgan fingerprint density at radius 2 is 2.03 bits per heavy atom. The average Bonchev–Trinajstić information content (AvgIpc) is 3.27. The lowest BCUT2D eigenvalue weighted by atomic mass is 9.91. The number of H-pyrrole nitrogens is 1. The van der Waals surface area contributed by atoms with E-state index in [-0.39, 0.29) is 5.91 Å². The number of carbonyl (C=O) groups is 1. The summed E-state index contributed by atoms with van der Waals surface area (Å²) in [5.41, 5.74) is 3.83. The van der Waals surface area contributed by atoms with E-state index in [1.54, 1.807) is 25.4 Å². The molecule has 1 atom stereocenters. The molecule has 1 N–H and O–H groups in total. The zero-order valence-corrected chi connectivity index (χ0v) is 19.9. The van der Waals surface area contributed by atoms with E-state index in [0.717, 1.165) is 50.0 Å². The van der Waals surface area contributed by atoms with E-state index in [0.29, 0.717) is 29.6 Å². The van der Waals surface area contributed by atoms with Crippen LogP contribution in [0.1, 0.15) is 40.9 Å².